The Bertz CT molecular complexity index is 277. The maximum atomic E-state index is 11.0. The third kappa shape index (κ3) is 3.26. The zero-order chi connectivity index (χ0) is 9.68. The van der Waals surface area contributed by atoms with Crippen molar-refractivity contribution in [1.29, 1.82) is 0 Å². The predicted molar refractivity (Wildman–Crippen MR) is 60.9 cm³/mol. The lowest BCUT2D eigenvalue weighted by Gasteiger charge is -2.19. The maximum Gasteiger partial charge on any atom is 0.319 e. The van der Waals surface area contributed by atoms with Gasteiger partial charge >= 0.3 is 6.03 Å². The van der Waals surface area contributed by atoms with Crippen LogP contribution in [-0.4, -0.2) is 12.6 Å². The summed E-state index contributed by atoms with van der Waals surface area (Å²) in [6, 6.07) is 9.05. The first-order chi connectivity index (χ1) is 6.25. The second-order valence-electron chi connectivity index (χ2n) is 2.83. The molecule has 0 aliphatic rings. The summed E-state index contributed by atoms with van der Waals surface area (Å²) in [6.45, 7) is 2.68. The van der Waals surface area contributed by atoms with Crippen molar-refractivity contribution in [3.8, 4) is 0 Å². The molecule has 0 aromatic heterocycles. The summed E-state index contributed by atoms with van der Waals surface area (Å²) < 4.78 is 0. The van der Waals surface area contributed by atoms with Crippen LogP contribution in [0.25, 0.3) is 0 Å². The van der Waals surface area contributed by atoms with Crippen LogP contribution >= 0.6 is 12.4 Å². The molecule has 78 valence electrons. The maximum absolute atomic E-state index is 11.0. The zero-order valence-electron chi connectivity index (χ0n) is 8.14. The molecule has 0 heterocycles. The molecule has 0 aliphatic carbocycles. The van der Waals surface area contributed by atoms with Crippen LogP contribution in [0, 0.1) is 0 Å². The van der Waals surface area contributed by atoms with Gasteiger partial charge in [-0.25, -0.2) is 4.79 Å². The number of anilines is 1. The number of hydrogen-bond donors (Lipinski definition) is 1. The lowest BCUT2D eigenvalue weighted by Crippen LogP contribution is -2.36. The number of benzene rings is 1. The molecule has 1 rings (SSSR count). The van der Waals surface area contributed by atoms with E-state index in [1.807, 2.05) is 37.3 Å². The van der Waals surface area contributed by atoms with Crippen molar-refractivity contribution in [3.05, 3.63) is 30.3 Å². The minimum Gasteiger partial charge on any atom is -0.351 e. The van der Waals surface area contributed by atoms with Crippen molar-refractivity contribution in [2.75, 3.05) is 11.4 Å². The van der Waals surface area contributed by atoms with E-state index >= 15 is 0 Å². The van der Waals surface area contributed by atoms with Crippen LogP contribution in [-0.2, 0) is 0 Å². The fraction of sp³-hybridized carbons (Fsp3) is 0.300. The molecule has 3 nitrogen and oxygen atoms in total. The Labute approximate surface area is 90.3 Å². The number of urea groups is 1. The molecule has 0 saturated heterocycles. The van der Waals surface area contributed by atoms with Crippen LogP contribution in [0.1, 0.15) is 13.3 Å². The number of nitrogens with zero attached hydrogens (tertiary/aromatic N) is 1. The number of para-hydroxylation sites is 1. The number of carbonyl (C=O) groups is 1. The first-order valence-electron chi connectivity index (χ1n) is 4.37. The van der Waals surface area contributed by atoms with Crippen LogP contribution in [0.15, 0.2) is 30.3 Å². The molecule has 14 heavy (non-hydrogen) atoms. The summed E-state index contributed by atoms with van der Waals surface area (Å²) >= 11 is 0. The Balaban J connectivity index is 0.00000169. The number of primary amides is 1. The molecule has 0 atom stereocenters. The Morgan fingerprint density at radius 1 is 1.36 bits per heavy atom. The highest BCUT2D eigenvalue weighted by atomic mass is 35.5. The molecule has 0 saturated carbocycles. The van der Waals surface area contributed by atoms with Gasteiger partial charge in [-0.3, -0.25) is 4.90 Å². The molecule has 1 aromatic rings. The molecule has 0 unspecified atom stereocenters. The number of halogens is 1. The molecule has 0 spiro atoms. The van der Waals surface area contributed by atoms with Gasteiger partial charge in [0.25, 0.3) is 0 Å². The van der Waals surface area contributed by atoms with E-state index in [0.29, 0.717) is 6.54 Å². The molecular formula is C10H15ClN2O. The molecule has 0 fully saturated rings. The quantitative estimate of drug-likeness (QED) is 0.825. The fourth-order valence-corrected chi connectivity index (χ4v) is 1.20. The Morgan fingerprint density at radius 2 is 1.93 bits per heavy atom. The molecule has 2 amide bonds. The van der Waals surface area contributed by atoms with Gasteiger partial charge < -0.3 is 5.73 Å². The van der Waals surface area contributed by atoms with Crippen LogP contribution in [0.5, 0.6) is 0 Å². The first kappa shape index (κ1) is 12.8. The smallest absolute Gasteiger partial charge is 0.319 e. The van der Waals surface area contributed by atoms with E-state index in [-0.39, 0.29) is 12.4 Å². The van der Waals surface area contributed by atoms with Crippen LogP contribution < -0.4 is 10.6 Å². The highest BCUT2D eigenvalue weighted by Crippen LogP contribution is 2.12. The van der Waals surface area contributed by atoms with Crippen LogP contribution in [0.4, 0.5) is 10.5 Å². The third-order valence-electron chi connectivity index (χ3n) is 1.78. The topological polar surface area (TPSA) is 46.3 Å². The fourth-order valence-electron chi connectivity index (χ4n) is 1.20. The molecule has 1 aromatic carbocycles. The molecule has 0 aliphatic heterocycles. The predicted octanol–water partition coefficient (Wildman–Crippen LogP) is 2.40. The third-order valence-corrected chi connectivity index (χ3v) is 1.78. The molecular weight excluding hydrogens is 200 g/mol. The minimum atomic E-state index is -0.395. The Kier molecular flexibility index (Phi) is 5.72. The standard InChI is InChI=1S/C10H14N2O.ClH/c1-2-8-12(10(11)13)9-6-4-3-5-7-9;/h3-7H,2,8H2,1H3,(H2,11,13);1H. The number of amides is 2. The van der Waals surface area contributed by atoms with Gasteiger partial charge in [0, 0.05) is 12.2 Å². The largest absolute Gasteiger partial charge is 0.351 e. The van der Waals surface area contributed by atoms with Crippen molar-refractivity contribution in [2.24, 2.45) is 5.73 Å². The zero-order valence-corrected chi connectivity index (χ0v) is 8.96. The van der Waals surface area contributed by atoms with Gasteiger partial charge in [-0.05, 0) is 18.6 Å². The number of nitrogens with two attached hydrogens (primary N) is 1. The summed E-state index contributed by atoms with van der Waals surface area (Å²) in [5, 5.41) is 0. The summed E-state index contributed by atoms with van der Waals surface area (Å²) in [6.07, 6.45) is 0.901. The molecule has 4 heteroatoms. The van der Waals surface area contributed by atoms with Crippen molar-refractivity contribution in [1.82, 2.24) is 0 Å². The minimum absolute atomic E-state index is 0. The van der Waals surface area contributed by atoms with Gasteiger partial charge in [0.15, 0.2) is 0 Å². The van der Waals surface area contributed by atoms with E-state index in [4.69, 9.17) is 5.73 Å². The van der Waals surface area contributed by atoms with Gasteiger partial charge in [0.2, 0.25) is 0 Å². The average molecular weight is 215 g/mol. The second kappa shape index (κ2) is 6.27. The van der Waals surface area contributed by atoms with Crippen molar-refractivity contribution < 1.29 is 4.79 Å². The Morgan fingerprint density at radius 3 is 2.36 bits per heavy atom. The summed E-state index contributed by atoms with van der Waals surface area (Å²) in [5.74, 6) is 0. The average Bonchev–Trinajstić information content (AvgIpc) is 2.15. The van der Waals surface area contributed by atoms with Crippen LogP contribution in [0.2, 0.25) is 0 Å². The van der Waals surface area contributed by atoms with Gasteiger partial charge in [0.05, 0.1) is 0 Å². The highest BCUT2D eigenvalue weighted by molar-refractivity contribution is 5.90. The summed E-state index contributed by atoms with van der Waals surface area (Å²) in [4.78, 5) is 12.6. The lowest BCUT2D eigenvalue weighted by atomic mass is 10.3. The highest BCUT2D eigenvalue weighted by Gasteiger charge is 2.09. The van der Waals surface area contributed by atoms with Gasteiger partial charge in [0.1, 0.15) is 0 Å². The van der Waals surface area contributed by atoms with E-state index in [9.17, 15) is 4.79 Å². The summed E-state index contributed by atoms with van der Waals surface area (Å²) in [7, 11) is 0. The van der Waals surface area contributed by atoms with E-state index < -0.39 is 6.03 Å². The van der Waals surface area contributed by atoms with Crippen molar-refractivity contribution in [3.63, 3.8) is 0 Å². The molecule has 0 bridgehead atoms. The Hall–Kier alpha value is -1.22. The molecule has 0 radical (unpaired) electrons. The van der Waals surface area contributed by atoms with Crippen molar-refractivity contribution in [2.45, 2.75) is 13.3 Å². The van der Waals surface area contributed by atoms with Gasteiger partial charge in [-0.2, -0.15) is 0 Å². The van der Waals surface area contributed by atoms with Gasteiger partial charge in [-0.1, -0.05) is 25.1 Å². The van der Waals surface area contributed by atoms with Gasteiger partial charge in [-0.15, -0.1) is 12.4 Å². The first-order valence-corrected chi connectivity index (χ1v) is 4.37. The van der Waals surface area contributed by atoms with E-state index in [1.165, 1.54) is 0 Å². The number of hydrogen-bond acceptors (Lipinski definition) is 1. The summed E-state index contributed by atoms with van der Waals surface area (Å²) in [5.41, 5.74) is 6.10. The number of carbonyl (C=O) groups excluding carboxylic acids is 1. The normalized spacial score (nSPS) is 8.93. The lowest BCUT2D eigenvalue weighted by molar-refractivity contribution is 0.254. The monoisotopic (exact) mass is 214 g/mol. The molecule has 2 N–H and O–H groups in total. The van der Waals surface area contributed by atoms with E-state index in [2.05, 4.69) is 0 Å². The number of rotatable bonds is 3. The van der Waals surface area contributed by atoms with Crippen LogP contribution in [0.3, 0.4) is 0 Å². The van der Waals surface area contributed by atoms with Crippen molar-refractivity contribution >= 4 is 24.1 Å². The SMILES string of the molecule is CCCN(C(N)=O)c1ccccc1.Cl. The second-order valence-corrected chi connectivity index (χ2v) is 2.83. The van der Waals surface area contributed by atoms with E-state index in [0.717, 1.165) is 12.1 Å². The van der Waals surface area contributed by atoms with E-state index in [1.54, 1.807) is 4.90 Å².